The molecule has 0 aliphatic heterocycles. The fourth-order valence-electron chi connectivity index (χ4n) is 3.17. The smallest absolute Gasteiger partial charge is 0.199 e. The largest absolute Gasteiger partial charge is 0.222 e. The summed E-state index contributed by atoms with van der Waals surface area (Å²) in [5.41, 5.74) is 3.19. The first-order chi connectivity index (χ1) is 12.3. The minimum atomic E-state index is -4.17. The zero-order valence-electron chi connectivity index (χ0n) is 14.0. The van der Waals surface area contributed by atoms with Gasteiger partial charge >= 0.3 is 0 Å². The van der Waals surface area contributed by atoms with Gasteiger partial charge in [-0.2, -0.15) is 0 Å². The summed E-state index contributed by atoms with van der Waals surface area (Å²) in [4.78, 5) is -0.00604. The molecule has 0 unspecified atom stereocenters. The summed E-state index contributed by atoms with van der Waals surface area (Å²) in [6.07, 6.45) is 2.92. The lowest BCUT2D eigenvalue weighted by Gasteiger charge is -2.29. The molecule has 0 aromatic heterocycles. The Bertz CT molecular complexity index is 1020. The van der Waals surface area contributed by atoms with Gasteiger partial charge in [-0.15, -0.1) is 5.73 Å². The molecule has 4 nitrogen and oxygen atoms in total. The fourth-order valence-corrected chi connectivity index (χ4v) is 8.11. The Balaban J connectivity index is 2.25. The van der Waals surface area contributed by atoms with Gasteiger partial charge < -0.3 is 0 Å². The molecule has 0 amide bonds. The van der Waals surface area contributed by atoms with Crippen molar-refractivity contribution in [2.24, 2.45) is 0 Å². The van der Waals surface area contributed by atoms with Crippen molar-refractivity contribution in [2.75, 3.05) is 0 Å². The molecule has 2 aromatic rings. The van der Waals surface area contributed by atoms with Crippen molar-refractivity contribution >= 4 is 19.7 Å². The maximum atomic E-state index is 13.5. The van der Waals surface area contributed by atoms with Gasteiger partial charge in [-0.1, -0.05) is 49.1 Å². The molecule has 0 bridgehead atoms. The van der Waals surface area contributed by atoms with E-state index in [0.717, 1.165) is 0 Å². The van der Waals surface area contributed by atoms with Gasteiger partial charge in [0.1, 0.15) is 0 Å². The van der Waals surface area contributed by atoms with Crippen molar-refractivity contribution < 1.29 is 16.8 Å². The van der Waals surface area contributed by atoms with Crippen LogP contribution in [0.5, 0.6) is 0 Å². The van der Waals surface area contributed by atoms with Crippen molar-refractivity contribution in [3.63, 3.8) is 0 Å². The Morgan fingerprint density at radius 2 is 1.31 bits per heavy atom. The van der Waals surface area contributed by atoms with Gasteiger partial charge in [-0.3, -0.25) is 0 Å². The quantitative estimate of drug-likeness (QED) is 0.735. The number of benzene rings is 2. The summed E-state index contributed by atoms with van der Waals surface area (Å²) in [6, 6.07) is 15.4. The van der Waals surface area contributed by atoms with Gasteiger partial charge in [0, 0.05) is 12.8 Å². The van der Waals surface area contributed by atoms with Crippen LogP contribution in [0.25, 0.3) is 0 Å². The third kappa shape index (κ3) is 2.76. The second-order valence-electron chi connectivity index (χ2n) is 6.05. The number of hydrogen-bond donors (Lipinski definition) is 0. The van der Waals surface area contributed by atoms with E-state index < -0.39 is 23.8 Å². The van der Waals surface area contributed by atoms with Gasteiger partial charge in [-0.25, -0.2) is 16.8 Å². The molecule has 0 N–H and O–H groups in total. The highest BCUT2D eigenvalue weighted by atomic mass is 32.3. The lowest BCUT2D eigenvalue weighted by molar-refractivity contribution is 0.542. The first-order valence-corrected chi connectivity index (χ1v) is 11.0. The van der Waals surface area contributed by atoms with E-state index >= 15 is 0 Å². The van der Waals surface area contributed by atoms with Crippen LogP contribution in [0.1, 0.15) is 12.8 Å². The Labute approximate surface area is 154 Å². The molecule has 0 atom stereocenters. The molecule has 0 spiro atoms. The highest BCUT2D eigenvalue weighted by Gasteiger charge is 2.57. The first-order valence-electron chi connectivity index (χ1n) is 7.99. The maximum absolute atomic E-state index is 13.5. The van der Waals surface area contributed by atoms with Crippen molar-refractivity contribution in [1.29, 1.82) is 0 Å². The summed E-state index contributed by atoms with van der Waals surface area (Å²) < 4.78 is 51.9. The molecule has 1 aliphatic rings. The van der Waals surface area contributed by atoms with Crippen molar-refractivity contribution in [1.82, 2.24) is 0 Å². The zero-order chi connectivity index (χ0) is 18.8. The molecule has 0 saturated heterocycles. The molecular weight excluding hydrogens is 368 g/mol. The third-order valence-corrected chi connectivity index (χ3v) is 10.2. The van der Waals surface area contributed by atoms with Crippen LogP contribution < -0.4 is 0 Å². The molecule has 6 heteroatoms. The Hall–Kier alpha value is -2.40. The maximum Gasteiger partial charge on any atom is 0.199 e. The molecule has 1 aliphatic carbocycles. The predicted molar refractivity (Wildman–Crippen MR) is 101 cm³/mol. The number of hydrogen-bond acceptors (Lipinski definition) is 4. The summed E-state index contributed by atoms with van der Waals surface area (Å²) in [5, 5.41) is 0. The average Bonchev–Trinajstić information content (AvgIpc) is 3.10. The summed E-state index contributed by atoms with van der Waals surface area (Å²) in [6.45, 7) is 3.49. The molecule has 134 valence electrons. The first kappa shape index (κ1) is 18.4. The zero-order valence-corrected chi connectivity index (χ0v) is 15.6. The molecule has 0 radical (unpaired) electrons. The summed E-state index contributed by atoms with van der Waals surface area (Å²) in [5.74, 6) is 0. The van der Waals surface area contributed by atoms with Crippen LogP contribution in [0.2, 0.25) is 0 Å². The van der Waals surface area contributed by atoms with E-state index in [0.29, 0.717) is 5.57 Å². The molecular formula is C20H18O4S2. The predicted octanol–water partition coefficient (Wildman–Crippen LogP) is 3.69. The standard InChI is InChI=1S/C20H18O4S2/c1-2-9-17-14-15-20(16-17,25(21,22)18-10-5-3-6-11-18)26(23,24)19-12-7-4-8-13-19/h3-14H,1,15-16H2. The topological polar surface area (TPSA) is 68.3 Å². The van der Waals surface area contributed by atoms with Crippen LogP contribution in [-0.4, -0.2) is 20.9 Å². The second-order valence-corrected chi connectivity index (χ2v) is 10.8. The Kier molecular flexibility index (Phi) is 4.76. The van der Waals surface area contributed by atoms with Gasteiger partial charge in [0.2, 0.25) is 0 Å². The molecule has 0 heterocycles. The minimum Gasteiger partial charge on any atom is -0.222 e. The van der Waals surface area contributed by atoms with E-state index in [-0.39, 0.29) is 22.6 Å². The van der Waals surface area contributed by atoms with Crippen molar-refractivity contribution in [3.8, 4) is 0 Å². The molecule has 0 saturated carbocycles. The highest BCUT2D eigenvalue weighted by molar-refractivity contribution is 8.10. The Morgan fingerprint density at radius 1 is 0.846 bits per heavy atom. The van der Waals surface area contributed by atoms with Crippen LogP contribution in [-0.2, 0) is 19.7 Å². The number of sulfone groups is 2. The van der Waals surface area contributed by atoms with Gasteiger partial charge in [0.25, 0.3) is 0 Å². The molecule has 3 rings (SSSR count). The van der Waals surface area contributed by atoms with Crippen molar-refractivity contribution in [2.45, 2.75) is 26.7 Å². The lowest BCUT2D eigenvalue weighted by Crippen LogP contribution is -2.44. The minimum absolute atomic E-state index is 0.00302. The van der Waals surface area contributed by atoms with Crippen LogP contribution in [0.3, 0.4) is 0 Å². The monoisotopic (exact) mass is 386 g/mol. The van der Waals surface area contributed by atoms with E-state index in [1.165, 1.54) is 30.3 Å². The van der Waals surface area contributed by atoms with Crippen LogP contribution in [0.15, 0.2) is 100 Å². The van der Waals surface area contributed by atoms with E-state index in [4.69, 9.17) is 0 Å². The van der Waals surface area contributed by atoms with E-state index in [1.807, 2.05) is 0 Å². The normalized spacial score (nSPS) is 16.5. The van der Waals surface area contributed by atoms with Crippen LogP contribution in [0, 0.1) is 0 Å². The van der Waals surface area contributed by atoms with Crippen LogP contribution >= 0.6 is 0 Å². The fraction of sp³-hybridized carbons (Fsp3) is 0.150. The Morgan fingerprint density at radius 3 is 1.73 bits per heavy atom. The van der Waals surface area contributed by atoms with Crippen LogP contribution in [0.4, 0.5) is 0 Å². The second kappa shape index (κ2) is 6.72. The van der Waals surface area contributed by atoms with E-state index in [9.17, 15) is 16.8 Å². The van der Waals surface area contributed by atoms with Gasteiger partial charge in [-0.05, 0) is 35.9 Å². The number of allylic oxidation sites excluding steroid dienone is 3. The van der Waals surface area contributed by atoms with Gasteiger partial charge in [0.05, 0.1) is 9.79 Å². The SMILES string of the molecule is C=C=CC1=CCC(S(=O)(=O)c2ccccc2)(S(=O)(=O)c2ccccc2)C1. The van der Waals surface area contributed by atoms with Gasteiger partial charge in [0.15, 0.2) is 23.8 Å². The van der Waals surface area contributed by atoms with E-state index in [1.54, 1.807) is 42.5 Å². The summed E-state index contributed by atoms with van der Waals surface area (Å²) in [7, 11) is -8.33. The number of rotatable bonds is 5. The lowest BCUT2D eigenvalue weighted by atomic mass is 10.2. The van der Waals surface area contributed by atoms with E-state index in [2.05, 4.69) is 12.3 Å². The van der Waals surface area contributed by atoms with Crippen molar-refractivity contribution in [3.05, 3.63) is 90.7 Å². The molecule has 0 fully saturated rings. The average molecular weight is 386 g/mol. The third-order valence-electron chi connectivity index (χ3n) is 4.52. The molecule has 26 heavy (non-hydrogen) atoms. The summed E-state index contributed by atoms with van der Waals surface area (Å²) >= 11 is 0. The highest BCUT2D eigenvalue weighted by Crippen LogP contribution is 2.47. The molecule has 2 aromatic carbocycles.